The van der Waals surface area contributed by atoms with Crippen LogP contribution in [0.25, 0.3) is 22.6 Å². The summed E-state index contributed by atoms with van der Waals surface area (Å²) in [4.78, 5) is 17.0. The van der Waals surface area contributed by atoms with Gasteiger partial charge >= 0.3 is 0 Å². The Labute approximate surface area is 179 Å². The minimum Gasteiger partial charge on any atom is -0.382 e. The molecule has 3 aliphatic rings. The van der Waals surface area contributed by atoms with Crippen LogP contribution in [0.1, 0.15) is 24.8 Å². The van der Waals surface area contributed by atoms with E-state index in [0.717, 1.165) is 5.56 Å². The Morgan fingerprint density at radius 3 is 2.61 bits per heavy atom. The van der Waals surface area contributed by atoms with Gasteiger partial charge in [-0.15, -0.1) is 0 Å². The number of aromatic nitrogens is 4. The molecule has 2 heterocycles. The summed E-state index contributed by atoms with van der Waals surface area (Å²) in [6.07, 6.45) is 6.21. The molecule has 2 bridgehead atoms. The van der Waals surface area contributed by atoms with E-state index in [4.69, 9.17) is 5.73 Å². The first-order valence-electron chi connectivity index (χ1n) is 9.70. The Bertz CT molecular complexity index is 1330. The summed E-state index contributed by atoms with van der Waals surface area (Å²) < 4.78 is 28.9. The van der Waals surface area contributed by atoms with E-state index < -0.39 is 15.6 Å². The molecule has 0 unspecified atom stereocenters. The smallest absolute Gasteiger partial charge is 0.241 e. The number of rotatable bonds is 5. The summed E-state index contributed by atoms with van der Waals surface area (Å²) in [6.45, 7) is 1.87. The minimum atomic E-state index is -3.75. The Morgan fingerprint density at radius 2 is 1.94 bits per heavy atom. The number of nitrogens with one attached hydrogen (secondary N) is 1. The predicted octanol–water partition coefficient (Wildman–Crippen LogP) is 2.22. The minimum absolute atomic E-state index is 0.144. The number of nitrogens with zero attached hydrogens (tertiary/aromatic N) is 5. The van der Waals surface area contributed by atoms with Crippen molar-refractivity contribution in [3.05, 3.63) is 48.5 Å². The van der Waals surface area contributed by atoms with Gasteiger partial charge in [0.15, 0.2) is 5.82 Å². The van der Waals surface area contributed by atoms with Crippen molar-refractivity contribution in [1.82, 2.24) is 24.7 Å². The highest BCUT2D eigenvalue weighted by Gasteiger charge is 2.69. The quantitative estimate of drug-likeness (QED) is 0.622. The Kier molecular flexibility index (Phi) is 4.12. The topological polar surface area (TPSA) is 148 Å². The van der Waals surface area contributed by atoms with Crippen LogP contribution < -0.4 is 10.5 Å². The Hall–Kier alpha value is -3.42. The molecule has 0 aliphatic heterocycles. The maximum atomic E-state index is 13.0. The lowest BCUT2D eigenvalue weighted by atomic mass is 9.40. The van der Waals surface area contributed by atoms with Gasteiger partial charge < -0.3 is 5.73 Å². The summed E-state index contributed by atoms with van der Waals surface area (Å²) in [5, 5.41) is 9.17. The highest BCUT2D eigenvalue weighted by atomic mass is 32.2. The van der Waals surface area contributed by atoms with E-state index in [1.807, 2.05) is 6.92 Å². The molecule has 3 N–H and O–H groups in total. The molecule has 1 aromatic carbocycles. The molecule has 156 valence electrons. The van der Waals surface area contributed by atoms with Crippen molar-refractivity contribution in [2.45, 2.75) is 36.6 Å². The lowest BCUT2D eigenvalue weighted by Gasteiger charge is -2.66. The second-order valence-corrected chi connectivity index (χ2v) is 10.1. The lowest BCUT2D eigenvalue weighted by Crippen LogP contribution is -2.74. The summed E-state index contributed by atoms with van der Waals surface area (Å²) in [5.74, 6) is 0.223. The lowest BCUT2D eigenvalue weighted by molar-refractivity contribution is -0.0946. The van der Waals surface area contributed by atoms with Crippen LogP contribution in [0.4, 0.5) is 5.82 Å². The third kappa shape index (κ3) is 3.13. The highest BCUT2D eigenvalue weighted by molar-refractivity contribution is 7.89. The summed E-state index contributed by atoms with van der Waals surface area (Å²) in [5.41, 5.74) is 8.08. The van der Waals surface area contributed by atoms with Crippen LogP contribution >= 0.6 is 0 Å². The molecule has 0 amide bonds. The van der Waals surface area contributed by atoms with Gasteiger partial charge in [-0.05, 0) is 49.9 Å². The molecule has 9 nitrogen and oxygen atoms in total. The van der Waals surface area contributed by atoms with Crippen LogP contribution in [0.15, 0.2) is 47.9 Å². The molecule has 31 heavy (non-hydrogen) atoms. The summed E-state index contributed by atoms with van der Waals surface area (Å²) >= 11 is 0. The fourth-order valence-electron chi connectivity index (χ4n) is 4.55. The van der Waals surface area contributed by atoms with Gasteiger partial charge in [-0.2, -0.15) is 5.26 Å². The van der Waals surface area contributed by atoms with Gasteiger partial charge in [-0.3, -0.25) is 0 Å². The second-order valence-electron chi connectivity index (χ2n) is 8.37. The van der Waals surface area contributed by atoms with Gasteiger partial charge in [0.1, 0.15) is 12.0 Å². The van der Waals surface area contributed by atoms with Gasteiger partial charge in [0, 0.05) is 17.3 Å². The summed E-state index contributed by atoms with van der Waals surface area (Å²) in [6, 6.07) is 8.87. The van der Waals surface area contributed by atoms with E-state index in [1.54, 1.807) is 30.5 Å². The van der Waals surface area contributed by atoms with Crippen molar-refractivity contribution >= 4 is 15.8 Å². The Morgan fingerprint density at radius 1 is 1.16 bits per heavy atom. The number of hydrogen-bond donors (Lipinski definition) is 2. The largest absolute Gasteiger partial charge is 0.382 e. The van der Waals surface area contributed by atoms with Gasteiger partial charge in [-0.1, -0.05) is 6.07 Å². The van der Waals surface area contributed by atoms with E-state index in [0.29, 0.717) is 41.9 Å². The average Bonchev–Trinajstić information content (AvgIpc) is 2.71. The summed E-state index contributed by atoms with van der Waals surface area (Å²) in [7, 11) is -3.75. The molecular formula is C21H19N7O2S. The van der Waals surface area contributed by atoms with Gasteiger partial charge in [0.2, 0.25) is 10.0 Å². The zero-order chi connectivity index (χ0) is 21.9. The van der Waals surface area contributed by atoms with Crippen molar-refractivity contribution in [1.29, 1.82) is 5.26 Å². The van der Waals surface area contributed by atoms with Crippen LogP contribution in [0.2, 0.25) is 0 Å². The van der Waals surface area contributed by atoms with E-state index in [-0.39, 0.29) is 16.1 Å². The molecule has 0 spiro atoms. The number of nitriles is 1. The fourth-order valence-corrected chi connectivity index (χ4v) is 5.97. The number of aryl methyl sites for hydroxylation is 1. The van der Waals surface area contributed by atoms with Crippen molar-refractivity contribution in [3.8, 4) is 28.7 Å². The third-order valence-electron chi connectivity index (χ3n) is 6.04. The fraction of sp³-hybridized carbons (Fsp3) is 0.286. The van der Waals surface area contributed by atoms with Crippen LogP contribution in [0, 0.1) is 23.7 Å². The highest BCUT2D eigenvalue weighted by Crippen LogP contribution is 2.67. The van der Waals surface area contributed by atoms with Gasteiger partial charge in [0.25, 0.3) is 0 Å². The SMILES string of the molecule is Cc1ccc(S(=O)(=O)NC23CC(C#N)(C2)C3)cc1-c1cnc(N)c(-c2ccncn2)n1. The van der Waals surface area contributed by atoms with E-state index in [1.165, 1.54) is 12.5 Å². The molecule has 0 radical (unpaired) electrons. The maximum absolute atomic E-state index is 13.0. The molecule has 3 aliphatic carbocycles. The molecule has 0 saturated heterocycles. The van der Waals surface area contributed by atoms with Crippen molar-refractivity contribution in [2.24, 2.45) is 5.41 Å². The van der Waals surface area contributed by atoms with Crippen molar-refractivity contribution < 1.29 is 8.42 Å². The normalized spacial score (nSPS) is 24.0. The van der Waals surface area contributed by atoms with Crippen LogP contribution in [0.5, 0.6) is 0 Å². The van der Waals surface area contributed by atoms with Crippen LogP contribution in [-0.2, 0) is 10.0 Å². The monoisotopic (exact) mass is 433 g/mol. The first-order chi connectivity index (χ1) is 14.7. The third-order valence-corrected chi connectivity index (χ3v) is 7.62. The number of hydrogen-bond acceptors (Lipinski definition) is 8. The standard InChI is InChI=1S/C21H19N7O2S/c1-13-2-3-14(31(29,30)28-21-8-20(9-21,10-21)11-22)6-15(13)17-7-25-19(23)18(27-17)16-4-5-24-12-26-16/h2-7,12,28H,8-10H2,1H3,(H2,23,25). The first kappa shape index (κ1) is 19.5. The van der Waals surface area contributed by atoms with Crippen LogP contribution in [0.3, 0.4) is 0 Å². The predicted molar refractivity (Wildman–Crippen MR) is 113 cm³/mol. The van der Waals surface area contributed by atoms with E-state index in [2.05, 4.69) is 30.7 Å². The molecule has 3 aromatic rings. The number of anilines is 1. The molecule has 3 saturated carbocycles. The van der Waals surface area contributed by atoms with E-state index in [9.17, 15) is 13.7 Å². The Balaban J connectivity index is 1.49. The molecule has 2 aromatic heterocycles. The second kappa shape index (κ2) is 6.54. The number of nitrogens with two attached hydrogens (primary N) is 1. The van der Waals surface area contributed by atoms with Gasteiger partial charge in [0.05, 0.1) is 34.0 Å². The molecular weight excluding hydrogens is 414 g/mol. The zero-order valence-corrected chi connectivity index (χ0v) is 17.5. The molecule has 0 atom stereocenters. The van der Waals surface area contributed by atoms with Crippen molar-refractivity contribution in [3.63, 3.8) is 0 Å². The van der Waals surface area contributed by atoms with Crippen molar-refractivity contribution in [2.75, 3.05) is 5.73 Å². The van der Waals surface area contributed by atoms with Crippen LogP contribution in [-0.4, -0.2) is 33.9 Å². The molecule has 10 heteroatoms. The number of nitrogen functional groups attached to an aromatic ring is 1. The maximum Gasteiger partial charge on any atom is 0.241 e. The molecule has 3 fully saturated rings. The first-order valence-corrected chi connectivity index (χ1v) is 11.2. The number of sulfonamides is 1. The molecule has 6 rings (SSSR count). The number of benzene rings is 1. The average molecular weight is 433 g/mol. The zero-order valence-electron chi connectivity index (χ0n) is 16.7. The van der Waals surface area contributed by atoms with E-state index >= 15 is 0 Å². The van der Waals surface area contributed by atoms with Gasteiger partial charge in [-0.25, -0.2) is 33.1 Å².